The molecule has 36 heavy (non-hydrogen) atoms. The molecule has 4 atom stereocenters. The predicted molar refractivity (Wildman–Crippen MR) is 137 cm³/mol. The maximum Gasteiger partial charge on any atom is 0.272 e. The minimum Gasteiger partial charge on any atom is -0.391 e. The third-order valence-electron chi connectivity index (χ3n) is 7.05. The molecule has 3 aromatic rings. The number of aliphatic hydroxyl groups excluding tert-OH is 1. The number of benzene rings is 2. The molecule has 1 aliphatic rings. The van der Waals surface area contributed by atoms with Gasteiger partial charge in [-0.2, -0.15) is 0 Å². The van der Waals surface area contributed by atoms with Crippen molar-refractivity contribution in [2.45, 2.75) is 69.8 Å². The van der Waals surface area contributed by atoms with Gasteiger partial charge in [-0.15, -0.1) is 0 Å². The van der Waals surface area contributed by atoms with Crippen LogP contribution in [0.3, 0.4) is 0 Å². The Morgan fingerprint density at radius 1 is 1.08 bits per heavy atom. The summed E-state index contributed by atoms with van der Waals surface area (Å²) in [5.41, 5.74) is 6.79. The number of primary amides is 1. The zero-order chi connectivity index (χ0) is 25.7. The monoisotopic (exact) mass is 490 g/mol. The topological polar surface area (TPSA) is 127 Å². The number of carbonyl (C=O) groups excluding carboxylic acids is 2. The first-order valence-electron chi connectivity index (χ1n) is 12.5. The highest BCUT2D eigenvalue weighted by atomic mass is 16.5. The molecule has 0 aliphatic carbocycles. The standard InChI is InChI=1S/C28H34N4O4/c1-18-14-21(15-19(2)36-18)28(25(33)12-13-26(29)34,16-20-8-4-3-5-9-20)32-27(35)24-17-30-22-10-6-7-11-23(22)31-24/h3-11,17-19,21,25,33H,12-16H2,1-2H3,(H2,29,34)(H,32,35)/t18?,19?,21?,25-,28-/m0/s1. The Balaban J connectivity index is 1.76. The minimum atomic E-state index is -1.08. The van der Waals surface area contributed by atoms with Gasteiger partial charge in [0.05, 0.1) is 41.1 Å². The minimum absolute atomic E-state index is 0.0116. The summed E-state index contributed by atoms with van der Waals surface area (Å²) in [6.07, 6.45) is 2.15. The van der Waals surface area contributed by atoms with E-state index < -0.39 is 23.5 Å². The van der Waals surface area contributed by atoms with Crippen LogP contribution >= 0.6 is 0 Å². The van der Waals surface area contributed by atoms with Crippen LogP contribution in [0, 0.1) is 5.92 Å². The number of ether oxygens (including phenoxy) is 1. The van der Waals surface area contributed by atoms with Gasteiger partial charge in [-0.05, 0) is 63.1 Å². The van der Waals surface area contributed by atoms with Gasteiger partial charge in [-0.25, -0.2) is 4.98 Å². The number of rotatable bonds is 9. The van der Waals surface area contributed by atoms with Crippen molar-refractivity contribution in [2.24, 2.45) is 11.7 Å². The lowest BCUT2D eigenvalue weighted by Crippen LogP contribution is -2.64. The molecule has 8 heteroatoms. The molecule has 4 rings (SSSR count). The maximum atomic E-state index is 13.7. The zero-order valence-corrected chi connectivity index (χ0v) is 20.8. The molecule has 2 amide bonds. The zero-order valence-electron chi connectivity index (χ0n) is 20.8. The molecule has 1 saturated heterocycles. The van der Waals surface area contributed by atoms with Crippen LogP contribution in [0.15, 0.2) is 60.8 Å². The summed E-state index contributed by atoms with van der Waals surface area (Å²) in [4.78, 5) is 34.2. The van der Waals surface area contributed by atoms with E-state index in [-0.39, 0.29) is 36.7 Å². The van der Waals surface area contributed by atoms with Crippen molar-refractivity contribution in [3.8, 4) is 0 Å². The number of nitrogens with two attached hydrogens (primary N) is 1. The second-order valence-electron chi connectivity index (χ2n) is 9.85. The molecule has 2 heterocycles. The lowest BCUT2D eigenvalue weighted by molar-refractivity contribution is -0.119. The molecule has 0 radical (unpaired) electrons. The number of nitrogens with one attached hydrogen (secondary N) is 1. The van der Waals surface area contributed by atoms with Gasteiger partial charge in [0.25, 0.3) is 5.91 Å². The summed E-state index contributed by atoms with van der Waals surface area (Å²) in [5.74, 6) is -1.03. The molecule has 2 unspecified atom stereocenters. The number of aromatic nitrogens is 2. The number of hydrogen-bond acceptors (Lipinski definition) is 6. The van der Waals surface area contributed by atoms with E-state index in [0.717, 1.165) is 5.56 Å². The van der Waals surface area contributed by atoms with Gasteiger partial charge < -0.3 is 20.9 Å². The number of nitrogens with zero attached hydrogens (tertiary/aromatic N) is 2. The van der Waals surface area contributed by atoms with Crippen molar-refractivity contribution in [2.75, 3.05) is 0 Å². The van der Waals surface area contributed by atoms with Crippen LogP contribution in [-0.4, -0.2) is 50.7 Å². The number of amides is 2. The fourth-order valence-corrected chi connectivity index (χ4v) is 5.40. The first-order chi connectivity index (χ1) is 17.3. The Morgan fingerprint density at radius 2 is 1.72 bits per heavy atom. The van der Waals surface area contributed by atoms with Crippen molar-refractivity contribution in [3.63, 3.8) is 0 Å². The number of hydrogen-bond donors (Lipinski definition) is 3. The highest BCUT2D eigenvalue weighted by molar-refractivity contribution is 5.94. The van der Waals surface area contributed by atoms with Gasteiger partial charge in [0.15, 0.2) is 0 Å². The SMILES string of the molecule is CC1CC([C@](Cc2ccccc2)(NC(=O)c2cnc3ccccc3n2)[C@@H](O)CCC(N)=O)CC(C)O1. The number of fused-ring (bicyclic) bond motifs is 1. The van der Waals surface area contributed by atoms with Gasteiger partial charge in [0.2, 0.25) is 5.91 Å². The molecule has 2 aromatic carbocycles. The summed E-state index contributed by atoms with van der Waals surface area (Å²) >= 11 is 0. The van der Waals surface area contributed by atoms with Crippen molar-refractivity contribution < 1.29 is 19.4 Å². The molecular formula is C28H34N4O4. The second-order valence-corrected chi connectivity index (χ2v) is 9.85. The molecule has 190 valence electrons. The highest BCUT2D eigenvalue weighted by Crippen LogP contribution is 2.39. The number of carbonyl (C=O) groups is 2. The van der Waals surface area contributed by atoms with E-state index in [0.29, 0.717) is 30.3 Å². The summed E-state index contributed by atoms with van der Waals surface area (Å²) in [7, 11) is 0. The highest BCUT2D eigenvalue weighted by Gasteiger charge is 2.48. The summed E-state index contributed by atoms with van der Waals surface area (Å²) in [6.45, 7) is 4.00. The largest absolute Gasteiger partial charge is 0.391 e. The summed E-state index contributed by atoms with van der Waals surface area (Å²) in [6, 6.07) is 17.1. The second kappa shape index (κ2) is 11.1. The third kappa shape index (κ3) is 5.88. The van der Waals surface area contributed by atoms with Gasteiger partial charge in [0.1, 0.15) is 5.69 Å². The van der Waals surface area contributed by atoms with E-state index in [1.165, 1.54) is 6.20 Å². The van der Waals surface area contributed by atoms with Gasteiger partial charge in [-0.1, -0.05) is 42.5 Å². The molecule has 0 saturated carbocycles. The van der Waals surface area contributed by atoms with Gasteiger partial charge in [-0.3, -0.25) is 14.6 Å². The van der Waals surface area contributed by atoms with E-state index >= 15 is 0 Å². The molecular weight excluding hydrogens is 456 g/mol. The fourth-order valence-electron chi connectivity index (χ4n) is 5.40. The van der Waals surface area contributed by atoms with E-state index in [2.05, 4.69) is 15.3 Å². The molecule has 1 aliphatic heterocycles. The van der Waals surface area contributed by atoms with Crippen LogP contribution in [0.25, 0.3) is 11.0 Å². The van der Waals surface area contributed by atoms with Crippen molar-refractivity contribution in [1.29, 1.82) is 0 Å². The van der Waals surface area contributed by atoms with E-state index in [9.17, 15) is 14.7 Å². The van der Waals surface area contributed by atoms with E-state index in [1.54, 1.807) is 6.07 Å². The Bertz CT molecular complexity index is 1190. The van der Waals surface area contributed by atoms with Crippen LogP contribution in [0.1, 0.15) is 55.6 Å². The Labute approximate surface area is 211 Å². The predicted octanol–water partition coefficient (Wildman–Crippen LogP) is 3.17. The average Bonchev–Trinajstić information content (AvgIpc) is 2.86. The van der Waals surface area contributed by atoms with Crippen molar-refractivity contribution >= 4 is 22.8 Å². The van der Waals surface area contributed by atoms with E-state index in [1.807, 2.05) is 62.4 Å². The molecule has 4 N–H and O–H groups in total. The van der Waals surface area contributed by atoms with Crippen LogP contribution in [0.5, 0.6) is 0 Å². The lowest BCUT2D eigenvalue weighted by Gasteiger charge is -2.49. The Hall–Kier alpha value is -3.36. The van der Waals surface area contributed by atoms with Gasteiger partial charge in [0, 0.05) is 6.42 Å². The lowest BCUT2D eigenvalue weighted by atomic mass is 9.68. The van der Waals surface area contributed by atoms with Crippen molar-refractivity contribution in [1.82, 2.24) is 15.3 Å². The average molecular weight is 491 g/mol. The van der Waals surface area contributed by atoms with Crippen molar-refractivity contribution in [3.05, 3.63) is 72.1 Å². The number of aliphatic hydroxyl groups is 1. The maximum absolute atomic E-state index is 13.7. The first-order valence-corrected chi connectivity index (χ1v) is 12.5. The summed E-state index contributed by atoms with van der Waals surface area (Å²) in [5, 5.41) is 14.9. The quantitative estimate of drug-likeness (QED) is 0.423. The Kier molecular flexibility index (Phi) is 7.96. The molecule has 1 aromatic heterocycles. The third-order valence-corrected chi connectivity index (χ3v) is 7.05. The smallest absolute Gasteiger partial charge is 0.272 e. The van der Waals surface area contributed by atoms with Crippen LogP contribution in [0.4, 0.5) is 0 Å². The number of para-hydroxylation sites is 2. The fraction of sp³-hybridized carbons (Fsp3) is 0.429. The molecule has 0 bridgehead atoms. The van der Waals surface area contributed by atoms with Crippen LogP contribution in [-0.2, 0) is 16.0 Å². The molecule has 1 fully saturated rings. The van der Waals surface area contributed by atoms with Gasteiger partial charge >= 0.3 is 0 Å². The van der Waals surface area contributed by atoms with Crippen LogP contribution < -0.4 is 11.1 Å². The molecule has 8 nitrogen and oxygen atoms in total. The Morgan fingerprint density at radius 3 is 2.39 bits per heavy atom. The first kappa shape index (κ1) is 25.7. The normalized spacial score (nSPS) is 22.5. The molecule has 0 spiro atoms. The van der Waals surface area contributed by atoms with E-state index in [4.69, 9.17) is 10.5 Å². The van der Waals surface area contributed by atoms with Crippen LogP contribution in [0.2, 0.25) is 0 Å². The summed E-state index contributed by atoms with van der Waals surface area (Å²) < 4.78 is 5.99.